The molecular weight excluding hydrogens is 427 g/mol. The van der Waals surface area contributed by atoms with E-state index in [2.05, 4.69) is 19.9 Å². The second kappa shape index (κ2) is 7.81. The first-order chi connectivity index (χ1) is 15.5. The van der Waals surface area contributed by atoms with Crippen LogP contribution in [0.2, 0.25) is 0 Å². The van der Waals surface area contributed by atoms with Crippen LogP contribution in [0.1, 0.15) is 106 Å². The van der Waals surface area contributed by atoms with Gasteiger partial charge in [0.1, 0.15) is 0 Å². The predicted molar refractivity (Wildman–Crippen MR) is 119 cm³/mol. The molecule has 0 fully saturated rings. The molecule has 6 heteroatoms. The molecule has 4 aliphatic rings. The van der Waals surface area contributed by atoms with Crippen molar-refractivity contribution in [2.45, 2.75) is 90.0 Å². The maximum atomic E-state index is 13.5. The van der Waals surface area contributed by atoms with Crippen LogP contribution in [-0.4, -0.2) is 16.3 Å². The molecule has 0 aromatic carbocycles. The number of fused-ring (bicyclic) bond motifs is 3. The molecule has 0 saturated carbocycles. The van der Waals surface area contributed by atoms with E-state index in [0.29, 0.717) is 29.7 Å². The Bertz CT molecular complexity index is 1080. The molecule has 0 radical (unpaired) electrons. The fraction of sp³-hybridized carbons (Fsp3) is 0.593. The smallest absolute Gasteiger partial charge is 0.416 e. The Balaban J connectivity index is 1.74. The van der Waals surface area contributed by atoms with Gasteiger partial charge >= 0.3 is 6.18 Å². The summed E-state index contributed by atoms with van der Waals surface area (Å²) in [4.78, 5) is 4.94. The SMILES string of the molecule is CC1C2=CC(C(F)(F)F)=CCC2C(O)c2c1nc1c(c2C2=CCCCC2)C([O-])CC(C)(C)C1. The molecule has 0 amide bonds. The molecule has 4 aliphatic carbocycles. The van der Waals surface area contributed by atoms with Crippen molar-refractivity contribution in [1.82, 2.24) is 4.98 Å². The Hall–Kier alpha value is -1.92. The molecule has 0 bridgehead atoms. The molecule has 3 nitrogen and oxygen atoms in total. The van der Waals surface area contributed by atoms with E-state index < -0.39 is 29.9 Å². The van der Waals surface area contributed by atoms with Crippen LogP contribution in [0.15, 0.2) is 29.4 Å². The third kappa shape index (κ3) is 3.79. The lowest BCUT2D eigenvalue weighted by atomic mass is 9.65. The Morgan fingerprint density at radius 1 is 1.15 bits per heavy atom. The lowest BCUT2D eigenvalue weighted by Crippen LogP contribution is -2.37. The van der Waals surface area contributed by atoms with E-state index in [1.54, 1.807) is 0 Å². The van der Waals surface area contributed by atoms with E-state index >= 15 is 0 Å². The van der Waals surface area contributed by atoms with Crippen LogP contribution in [0.4, 0.5) is 13.2 Å². The molecule has 1 heterocycles. The minimum Gasteiger partial charge on any atom is -0.848 e. The van der Waals surface area contributed by atoms with E-state index in [0.717, 1.165) is 48.1 Å². The first kappa shape index (κ1) is 22.9. The van der Waals surface area contributed by atoms with Gasteiger partial charge in [-0.2, -0.15) is 13.2 Å². The number of alkyl halides is 3. The number of halogens is 3. The van der Waals surface area contributed by atoms with Crippen LogP contribution >= 0.6 is 0 Å². The maximum absolute atomic E-state index is 13.5. The first-order valence-electron chi connectivity index (χ1n) is 12.1. The summed E-state index contributed by atoms with van der Waals surface area (Å²) in [6.45, 7) is 6.03. The number of rotatable bonds is 1. The van der Waals surface area contributed by atoms with Crippen LogP contribution < -0.4 is 5.11 Å². The second-order valence-electron chi connectivity index (χ2n) is 11.0. The van der Waals surface area contributed by atoms with Crippen LogP contribution in [0.3, 0.4) is 0 Å². The van der Waals surface area contributed by atoms with Gasteiger partial charge in [-0.15, -0.1) is 0 Å². The number of hydrogen-bond donors (Lipinski definition) is 1. The quantitative estimate of drug-likeness (QED) is 0.562. The van der Waals surface area contributed by atoms with Gasteiger partial charge in [-0.3, -0.25) is 4.98 Å². The van der Waals surface area contributed by atoms with Gasteiger partial charge in [-0.05, 0) is 60.6 Å². The standard InChI is InChI=1S/C27H31F3NO2/c1-14-18-11-16(27(28,29)30)9-10-17(18)25(33)23-21(15-7-5-4-6-8-15)22-19(31-24(14)23)12-26(2,3)13-20(22)32/h7,9,11,14,17,20,25,33H,4-6,8,10,12-13H2,1-3H3/q-1. The van der Waals surface area contributed by atoms with Crippen molar-refractivity contribution in [2.75, 3.05) is 0 Å². The van der Waals surface area contributed by atoms with Crippen molar-refractivity contribution in [1.29, 1.82) is 0 Å². The minimum absolute atomic E-state index is 0.134. The highest BCUT2D eigenvalue weighted by molar-refractivity contribution is 5.75. The van der Waals surface area contributed by atoms with Crippen molar-refractivity contribution in [2.24, 2.45) is 11.3 Å². The van der Waals surface area contributed by atoms with Gasteiger partial charge in [0.15, 0.2) is 0 Å². The molecule has 4 atom stereocenters. The molecule has 33 heavy (non-hydrogen) atoms. The number of aliphatic hydroxyl groups is 1. The number of allylic oxidation sites excluding steroid dienone is 5. The minimum atomic E-state index is -4.41. The van der Waals surface area contributed by atoms with Crippen molar-refractivity contribution >= 4 is 5.57 Å². The Morgan fingerprint density at radius 3 is 2.58 bits per heavy atom. The van der Waals surface area contributed by atoms with Gasteiger partial charge in [0, 0.05) is 23.1 Å². The fourth-order valence-corrected chi connectivity index (χ4v) is 6.38. The fourth-order valence-electron chi connectivity index (χ4n) is 6.38. The lowest BCUT2D eigenvalue weighted by molar-refractivity contribution is -0.434. The zero-order valence-corrected chi connectivity index (χ0v) is 19.4. The Kier molecular flexibility index (Phi) is 5.41. The number of aliphatic hydroxyl groups excluding tert-OH is 1. The van der Waals surface area contributed by atoms with Crippen LogP contribution in [0, 0.1) is 11.3 Å². The van der Waals surface area contributed by atoms with Gasteiger partial charge in [0.05, 0.1) is 17.4 Å². The highest BCUT2D eigenvalue weighted by atomic mass is 19.4. The average molecular weight is 459 g/mol. The van der Waals surface area contributed by atoms with Crippen molar-refractivity contribution in [3.63, 3.8) is 0 Å². The molecule has 0 spiro atoms. The van der Waals surface area contributed by atoms with E-state index in [9.17, 15) is 23.4 Å². The summed E-state index contributed by atoms with van der Waals surface area (Å²) in [6.07, 6.45) is 3.54. The summed E-state index contributed by atoms with van der Waals surface area (Å²) in [6, 6.07) is 0. The largest absolute Gasteiger partial charge is 0.848 e. The monoisotopic (exact) mass is 458 g/mol. The molecule has 178 valence electrons. The number of nitrogens with zero attached hydrogens (tertiary/aromatic N) is 1. The number of hydrogen-bond acceptors (Lipinski definition) is 3. The van der Waals surface area contributed by atoms with Crippen LogP contribution in [-0.2, 0) is 6.42 Å². The first-order valence-corrected chi connectivity index (χ1v) is 12.1. The van der Waals surface area contributed by atoms with Crippen LogP contribution in [0.25, 0.3) is 5.57 Å². The number of aromatic nitrogens is 1. The van der Waals surface area contributed by atoms with E-state index in [-0.39, 0.29) is 17.8 Å². The zero-order chi connectivity index (χ0) is 23.7. The van der Waals surface area contributed by atoms with Gasteiger partial charge in [-0.25, -0.2) is 0 Å². The topological polar surface area (TPSA) is 56.2 Å². The van der Waals surface area contributed by atoms with Crippen molar-refractivity contribution in [3.8, 4) is 0 Å². The van der Waals surface area contributed by atoms with Gasteiger partial charge < -0.3 is 10.2 Å². The summed E-state index contributed by atoms with van der Waals surface area (Å²) in [7, 11) is 0. The lowest BCUT2D eigenvalue weighted by Gasteiger charge is -2.45. The predicted octanol–water partition coefficient (Wildman–Crippen LogP) is 6.00. The molecule has 5 rings (SSSR count). The number of pyridine rings is 1. The Labute approximate surface area is 193 Å². The molecule has 1 N–H and O–H groups in total. The maximum Gasteiger partial charge on any atom is 0.416 e. The highest BCUT2D eigenvalue weighted by Gasteiger charge is 2.45. The van der Waals surface area contributed by atoms with Crippen molar-refractivity contribution in [3.05, 3.63) is 57.5 Å². The molecule has 1 aromatic heterocycles. The van der Waals surface area contributed by atoms with E-state index in [1.165, 1.54) is 12.2 Å². The van der Waals surface area contributed by atoms with Gasteiger partial charge in [-0.1, -0.05) is 57.1 Å². The summed E-state index contributed by atoms with van der Waals surface area (Å²) in [5.74, 6) is -0.769. The van der Waals surface area contributed by atoms with E-state index in [4.69, 9.17) is 4.98 Å². The summed E-state index contributed by atoms with van der Waals surface area (Å²) in [5.41, 5.74) is 4.58. The summed E-state index contributed by atoms with van der Waals surface area (Å²) in [5, 5.41) is 25.0. The molecule has 0 saturated heterocycles. The molecular formula is C27H31F3NO2-. The normalized spacial score (nSPS) is 31.0. The zero-order valence-electron chi connectivity index (χ0n) is 19.4. The van der Waals surface area contributed by atoms with Gasteiger partial charge in [0.2, 0.25) is 0 Å². The average Bonchev–Trinajstić information content (AvgIpc) is 2.75. The Morgan fingerprint density at radius 2 is 1.91 bits per heavy atom. The second-order valence-corrected chi connectivity index (χ2v) is 11.0. The highest BCUT2D eigenvalue weighted by Crippen LogP contribution is 2.54. The summed E-state index contributed by atoms with van der Waals surface area (Å²) >= 11 is 0. The van der Waals surface area contributed by atoms with Crippen molar-refractivity contribution < 1.29 is 23.4 Å². The van der Waals surface area contributed by atoms with Crippen LogP contribution in [0.5, 0.6) is 0 Å². The van der Waals surface area contributed by atoms with Gasteiger partial charge in [0.25, 0.3) is 0 Å². The molecule has 1 aromatic rings. The third-order valence-corrected chi connectivity index (χ3v) is 7.96. The third-order valence-electron chi connectivity index (χ3n) is 7.96. The summed E-state index contributed by atoms with van der Waals surface area (Å²) < 4.78 is 40.3. The molecule has 4 unspecified atom stereocenters. The molecule has 0 aliphatic heterocycles. The van der Waals surface area contributed by atoms with E-state index in [1.807, 2.05) is 6.92 Å².